The maximum Gasteiger partial charge on any atom is 1.00 e. The van der Waals surface area contributed by atoms with E-state index in [0.717, 1.165) is 5.56 Å². The van der Waals surface area contributed by atoms with Crippen LogP contribution in [-0.4, -0.2) is 29.4 Å². The van der Waals surface area contributed by atoms with E-state index in [9.17, 15) is 19.5 Å². The number of anilines is 1. The molecule has 3 aromatic rings. The summed E-state index contributed by atoms with van der Waals surface area (Å²) in [5.74, 6) is -1.91. The molecule has 0 fully saturated rings. The Bertz CT molecular complexity index is 1190. The number of hydrogen-bond donors (Lipinski definition) is 4. The SMILES string of the molecule is NC(=O)NCCc1ccc(NC(=O)/C=C/c2c(C(=O)[O-])[nH]c3cc(Cl)cc(Cl)c23)cc1.[Na+]. The van der Waals surface area contributed by atoms with Crippen molar-refractivity contribution in [2.45, 2.75) is 6.42 Å². The smallest absolute Gasteiger partial charge is 0.543 e. The summed E-state index contributed by atoms with van der Waals surface area (Å²) in [5, 5.41) is 17.7. The van der Waals surface area contributed by atoms with Gasteiger partial charge in [-0.3, -0.25) is 4.79 Å². The first kappa shape index (κ1) is 25.8. The second kappa shape index (κ2) is 11.4. The maximum absolute atomic E-state index is 12.3. The molecule has 0 radical (unpaired) electrons. The molecule has 0 saturated heterocycles. The molecule has 3 rings (SSSR count). The number of aromatic nitrogens is 1. The maximum atomic E-state index is 12.3. The third-order valence-electron chi connectivity index (χ3n) is 4.39. The van der Waals surface area contributed by atoms with Gasteiger partial charge in [0.05, 0.1) is 16.7 Å². The van der Waals surface area contributed by atoms with Crippen molar-refractivity contribution < 1.29 is 49.0 Å². The predicted molar refractivity (Wildman–Crippen MR) is 118 cm³/mol. The molecule has 11 heteroatoms. The first-order chi connectivity index (χ1) is 14.7. The zero-order chi connectivity index (χ0) is 22.5. The van der Waals surface area contributed by atoms with Crippen LogP contribution in [0.4, 0.5) is 10.5 Å². The number of halogens is 2. The third-order valence-corrected chi connectivity index (χ3v) is 4.91. The first-order valence-corrected chi connectivity index (χ1v) is 9.83. The van der Waals surface area contributed by atoms with Gasteiger partial charge < -0.3 is 31.3 Å². The first-order valence-electron chi connectivity index (χ1n) is 9.08. The van der Waals surface area contributed by atoms with Gasteiger partial charge in [-0.15, -0.1) is 0 Å². The number of aromatic amines is 1. The predicted octanol–water partition coefficient (Wildman–Crippen LogP) is -0.295. The number of nitrogens with one attached hydrogen (secondary N) is 3. The van der Waals surface area contributed by atoms with E-state index in [2.05, 4.69) is 15.6 Å². The van der Waals surface area contributed by atoms with Crippen LogP contribution in [0.3, 0.4) is 0 Å². The van der Waals surface area contributed by atoms with Crippen LogP contribution in [-0.2, 0) is 11.2 Å². The zero-order valence-corrected chi connectivity index (χ0v) is 20.5. The third kappa shape index (κ3) is 6.51. The number of H-pyrrole nitrogens is 1. The fraction of sp³-hybridized carbons (Fsp3) is 0.0952. The summed E-state index contributed by atoms with van der Waals surface area (Å²) in [6.07, 6.45) is 3.14. The van der Waals surface area contributed by atoms with Crippen LogP contribution in [0.5, 0.6) is 0 Å². The van der Waals surface area contributed by atoms with E-state index in [1.165, 1.54) is 24.3 Å². The van der Waals surface area contributed by atoms with Crippen molar-refractivity contribution in [1.82, 2.24) is 10.3 Å². The molecule has 0 unspecified atom stereocenters. The topological polar surface area (TPSA) is 140 Å². The minimum absolute atomic E-state index is 0. The van der Waals surface area contributed by atoms with Crippen LogP contribution in [0.1, 0.15) is 21.6 Å². The second-order valence-corrected chi connectivity index (χ2v) is 7.42. The number of urea groups is 1. The number of carbonyl (C=O) groups excluding carboxylic acids is 3. The van der Waals surface area contributed by atoms with Crippen LogP contribution in [0.2, 0.25) is 10.0 Å². The van der Waals surface area contributed by atoms with E-state index >= 15 is 0 Å². The van der Waals surface area contributed by atoms with E-state index in [0.29, 0.717) is 34.6 Å². The molecule has 5 N–H and O–H groups in total. The summed E-state index contributed by atoms with van der Waals surface area (Å²) in [6, 6.07) is 9.46. The summed E-state index contributed by atoms with van der Waals surface area (Å²) >= 11 is 12.2. The van der Waals surface area contributed by atoms with Gasteiger partial charge in [0, 0.05) is 39.8 Å². The summed E-state index contributed by atoms with van der Waals surface area (Å²) < 4.78 is 0. The van der Waals surface area contributed by atoms with Crippen molar-refractivity contribution in [2.24, 2.45) is 5.73 Å². The minimum Gasteiger partial charge on any atom is -0.543 e. The largest absolute Gasteiger partial charge is 1.00 e. The fourth-order valence-electron chi connectivity index (χ4n) is 3.03. The number of carboxylic acids is 1. The molecular weight excluding hydrogens is 466 g/mol. The van der Waals surface area contributed by atoms with Crippen LogP contribution in [0.15, 0.2) is 42.5 Å². The van der Waals surface area contributed by atoms with Crippen molar-refractivity contribution in [1.29, 1.82) is 0 Å². The molecule has 1 heterocycles. The molecule has 1 aromatic heterocycles. The molecule has 8 nitrogen and oxygen atoms in total. The normalized spacial score (nSPS) is 10.7. The minimum atomic E-state index is -1.44. The summed E-state index contributed by atoms with van der Waals surface area (Å²) in [5.41, 5.74) is 6.93. The molecule has 0 aliphatic heterocycles. The van der Waals surface area contributed by atoms with E-state index in [1.807, 2.05) is 0 Å². The van der Waals surface area contributed by atoms with Gasteiger partial charge in [-0.05, 0) is 42.3 Å². The monoisotopic (exact) mass is 482 g/mol. The van der Waals surface area contributed by atoms with Gasteiger partial charge in [-0.2, -0.15) is 0 Å². The number of aromatic carboxylic acids is 1. The molecule has 0 aliphatic carbocycles. The fourth-order valence-corrected chi connectivity index (χ4v) is 3.62. The summed E-state index contributed by atoms with van der Waals surface area (Å²) in [7, 11) is 0. The van der Waals surface area contributed by atoms with Gasteiger partial charge in [0.25, 0.3) is 0 Å². The van der Waals surface area contributed by atoms with Gasteiger partial charge in [-0.1, -0.05) is 35.3 Å². The molecular formula is C21H17Cl2N4NaO4. The molecule has 0 atom stereocenters. The average molecular weight is 483 g/mol. The Labute approximate surface area is 215 Å². The van der Waals surface area contributed by atoms with E-state index in [-0.39, 0.29) is 45.8 Å². The number of carboxylic acid groups (broad SMARTS) is 1. The number of benzene rings is 2. The van der Waals surface area contributed by atoms with E-state index in [1.54, 1.807) is 24.3 Å². The number of hydrogen-bond acceptors (Lipinski definition) is 4. The number of primary amides is 1. The number of amides is 3. The van der Waals surface area contributed by atoms with E-state index in [4.69, 9.17) is 28.9 Å². The Kier molecular flexibility index (Phi) is 9.18. The zero-order valence-electron chi connectivity index (χ0n) is 17.0. The van der Waals surface area contributed by atoms with Gasteiger partial charge in [0.2, 0.25) is 5.91 Å². The molecule has 2 aromatic carbocycles. The van der Waals surface area contributed by atoms with Crippen molar-refractivity contribution in [3.8, 4) is 0 Å². The molecule has 160 valence electrons. The molecule has 0 aliphatic rings. The van der Waals surface area contributed by atoms with Gasteiger partial charge in [-0.25, -0.2) is 4.79 Å². The standard InChI is InChI=1S/C21H18Cl2N4O4.Na/c22-12-9-15(23)18-14(19(20(29)30)27-16(18)10-12)5-6-17(28)26-13-3-1-11(2-4-13)7-8-25-21(24)31;/h1-6,9-10,27H,7-8H2,(H,26,28)(H,29,30)(H3,24,25,31);/q;+1/p-1/b6-5+;. The van der Waals surface area contributed by atoms with E-state index < -0.39 is 17.9 Å². The number of nitrogens with two attached hydrogens (primary N) is 1. The van der Waals surface area contributed by atoms with Gasteiger partial charge >= 0.3 is 35.6 Å². The Morgan fingerprint density at radius 3 is 2.44 bits per heavy atom. The number of carbonyl (C=O) groups is 3. The molecule has 0 spiro atoms. The molecule has 3 amide bonds. The molecule has 0 bridgehead atoms. The molecule has 0 saturated carbocycles. The number of fused-ring (bicyclic) bond motifs is 1. The second-order valence-electron chi connectivity index (χ2n) is 6.57. The number of rotatable bonds is 7. The van der Waals surface area contributed by atoms with Crippen molar-refractivity contribution >= 4 is 63.8 Å². The van der Waals surface area contributed by atoms with Crippen LogP contribution < -0.4 is 51.0 Å². The Morgan fingerprint density at radius 1 is 1.12 bits per heavy atom. The Balaban J connectivity index is 0.00000363. The van der Waals surface area contributed by atoms with Crippen LogP contribution >= 0.6 is 23.2 Å². The quantitative estimate of drug-likeness (QED) is 0.271. The van der Waals surface area contributed by atoms with Gasteiger partial charge in [0.1, 0.15) is 0 Å². The van der Waals surface area contributed by atoms with Crippen molar-refractivity contribution in [3.63, 3.8) is 0 Å². The summed E-state index contributed by atoms with van der Waals surface area (Å²) in [6.45, 7) is 0.406. The van der Waals surface area contributed by atoms with Crippen LogP contribution in [0.25, 0.3) is 17.0 Å². The molecule has 32 heavy (non-hydrogen) atoms. The van der Waals surface area contributed by atoms with Crippen molar-refractivity contribution in [2.75, 3.05) is 11.9 Å². The summed E-state index contributed by atoms with van der Waals surface area (Å²) in [4.78, 5) is 37.2. The van der Waals surface area contributed by atoms with Crippen molar-refractivity contribution in [3.05, 3.63) is 69.3 Å². The Morgan fingerprint density at radius 2 is 1.81 bits per heavy atom. The average Bonchev–Trinajstić information content (AvgIpc) is 3.06. The van der Waals surface area contributed by atoms with Gasteiger partial charge in [0.15, 0.2) is 0 Å². The van der Waals surface area contributed by atoms with Crippen LogP contribution in [0, 0.1) is 0 Å². The Hall–Kier alpha value is -2.49.